The van der Waals surface area contributed by atoms with Gasteiger partial charge in [0.25, 0.3) is 0 Å². The summed E-state index contributed by atoms with van der Waals surface area (Å²) >= 11 is 0. The molecule has 0 aromatic rings. The number of aliphatic hydroxyl groups is 1. The molecule has 0 radical (unpaired) electrons. The Kier molecular flexibility index (Phi) is 82.1. The normalized spacial score (nSPS) is 13.5. The maximum Gasteiger partial charge on any atom is 0.106 e. The molecule has 1 heterocycles. The highest BCUT2D eigenvalue weighted by Crippen LogP contribution is 2.09. The lowest BCUT2D eigenvalue weighted by atomic mass is 10.1. The maximum absolute atomic E-state index is 8.00. The number of aliphatic hydroxyl groups excluding tert-OH is 1. The molecule has 1 unspecified atom stereocenters. The third-order valence-corrected chi connectivity index (χ3v) is 2.85. The van der Waals surface area contributed by atoms with Gasteiger partial charge in [-0.05, 0) is 45.4 Å². The van der Waals surface area contributed by atoms with E-state index in [9.17, 15) is 0 Å². The molecule has 0 aromatic carbocycles. The molecule has 4 nitrogen and oxygen atoms in total. The van der Waals surface area contributed by atoms with Gasteiger partial charge in [0.15, 0.2) is 0 Å². The second kappa shape index (κ2) is 49.6. The predicted octanol–water partition coefficient (Wildman–Crippen LogP) is 4.38. The molecule has 0 bridgehead atoms. The summed E-state index contributed by atoms with van der Waals surface area (Å²) in [4.78, 5) is 10.5. The average molecular weight is 337 g/mol. The Morgan fingerprint density at radius 2 is 1.43 bits per heavy atom. The number of carbonyl (C=O) groups is 1. The van der Waals surface area contributed by atoms with E-state index in [4.69, 9.17) is 9.90 Å². The quantitative estimate of drug-likeness (QED) is 0.731. The van der Waals surface area contributed by atoms with Crippen LogP contribution < -0.4 is 5.32 Å². The van der Waals surface area contributed by atoms with Crippen LogP contribution >= 0.6 is 0 Å². The van der Waals surface area contributed by atoms with E-state index in [1.165, 1.54) is 45.4 Å². The van der Waals surface area contributed by atoms with Gasteiger partial charge in [-0.1, -0.05) is 49.0 Å². The first-order valence-electron chi connectivity index (χ1n) is 8.56. The standard InChI is InChI=1S/C10H22N2.2C2H6.C2H4.CH4O.CH2O.CH4/c1-3-12(4-2)9-7-10-6-5-8-11-10;5*1-2;/h10-11H,3-9H2,1-2H3;2*1-2H3;1-2H2;2H,1H3;1H2;1H4. The summed E-state index contributed by atoms with van der Waals surface area (Å²) in [5.74, 6) is 0. The highest BCUT2D eigenvalue weighted by atomic mass is 16.2. The van der Waals surface area contributed by atoms with Crippen molar-refractivity contribution in [2.24, 2.45) is 0 Å². The number of hydrogen-bond donors (Lipinski definition) is 2. The molecule has 23 heavy (non-hydrogen) atoms. The van der Waals surface area contributed by atoms with Crippen molar-refractivity contribution in [1.82, 2.24) is 10.2 Å². The lowest BCUT2D eigenvalue weighted by molar-refractivity contribution is -0.0979. The van der Waals surface area contributed by atoms with Crippen LogP contribution in [0.5, 0.6) is 0 Å². The van der Waals surface area contributed by atoms with Crippen LogP contribution in [0, 0.1) is 0 Å². The largest absolute Gasteiger partial charge is 0.400 e. The summed E-state index contributed by atoms with van der Waals surface area (Å²) in [6.07, 6.45) is 4.10. The highest BCUT2D eigenvalue weighted by molar-refractivity contribution is 5.10. The average Bonchev–Trinajstić information content (AvgIpc) is 3.18. The number of carbonyl (C=O) groups excluding carboxylic acids is 1. The van der Waals surface area contributed by atoms with Crippen LogP contribution in [0.4, 0.5) is 0 Å². The highest BCUT2D eigenvalue weighted by Gasteiger charge is 2.13. The first kappa shape index (κ1) is 38.1. The van der Waals surface area contributed by atoms with E-state index in [0.29, 0.717) is 0 Å². The molecule has 4 heteroatoms. The molecule has 146 valence electrons. The van der Waals surface area contributed by atoms with Crippen molar-refractivity contribution in [3.8, 4) is 0 Å². The maximum atomic E-state index is 8.00. The molecule has 1 saturated heterocycles. The van der Waals surface area contributed by atoms with E-state index >= 15 is 0 Å². The van der Waals surface area contributed by atoms with Gasteiger partial charge in [-0.15, -0.1) is 13.2 Å². The number of nitrogens with one attached hydrogen (secondary N) is 1. The van der Waals surface area contributed by atoms with Gasteiger partial charge in [-0.25, -0.2) is 0 Å². The molecule has 1 rings (SSSR count). The number of rotatable bonds is 5. The zero-order valence-electron chi connectivity index (χ0n) is 16.5. The Labute approximate surface area is 148 Å². The van der Waals surface area contributed by atoms with Crippen LogP contribution in [0.25, 0.3) is 0 Å². The molecular formula is C19H48N2O2. The van der Waals surface area contributed by atoms with Crippen LogP contribution in [0.2, 0.25) is 0 Å². The Hall–Kier alpha value is -0.710. The third kappa shape index (κ3) is 33.9. The van der Waals surface area contributed by atoms with Crippen molar-refractivity contribution in [2.75, 3.05) is 33.3 Å². The number of hydrogen-bond acceptors (Lipinski definition) is 4. The Morgan fingerprint density at radius 1 is 1.04 bits per heavy atom. The van der Waals surface area contributed by atoms with E-state index in [0.717, 1.165) is 13.2 Å². The SMILES string of the molecule is C.C=C.C=O.CC.CC.CCN(CC)CCC1CCCN1.CO. The van der Waals surface area contributed by atoms with Gasteiger partial charge < -0.3 is 20.1 Å². The molecule has 0 saturated carbocycles. The van der Waals surface area contributed by atoms with Crippen LogP contribution in [0.1, 0.15) is 68.2 Å². The van der Waals surface area contributed by atoms with E-state index in [2.05, 4.69) is 37.2 Å². The molecule has 0 amide bonds. The van der Waals surface area contributed by atoms with Crippen LogP contribution in [-0.2, 0) is 4.79 Å². The minimum Gasteiger partial charge on any atom is -0.400 e. The lowest BCUT2D eigenvalue weighted by Crippen LogP contribution is -2.30. The van der Waals surface area contributed by atoms with Crippen molar-refractivity contribution in [3.63, 3.8) is 0 Å². The van der Waals surface area contributed by atoms with E-state index < -0.39 is 0 Å². The fraction of sp³-hybridized carbons (Fsp3) is 0.842. The summed E-state index contributed by atoms with van der Waals surface area (Å²) in [5.41, 5.74) is 0. The molecule has 2 N–H and O–H groups in total. The third-order valence-electron chi connectivity index (χ3n) is 2.85. The summed E-state index contributed by atoms with van der Waals surface area (Å²) in [6.45, 7) is 25.4. The van der Waals surface area contributed by atoms with Gasteiger partial charge in [-0.3, -0.25) is 0 Å². The van der Waals surface area contributed by atoms with E-state index in [1.54, 1.807) is 0 Å². The van der Waals surface area contributed by atoms with Gasteiger partial charge in [0, 0.05) is 13.2 Å². The van der Waals surface area contributed by atoms with Crippen molar-refractivity contribution >= 4 is 6.79 Å². The van der Waals surface area contributed by atoms with Gasteiger partial charge >= 0.3 is 0 Å². The van der Waals surface area contributed by atoms with Gasteiger partial charge in [0.1, 0.15) is 6.79 Å². The van der Waals surface area contributed by atoms with Crippen molar-refractivity contribution in [1.29, 1.82) is 0 Å². The van der Waals surface area contributed by atoms with Gasteiger partial charge in [0.05, 0.1) is 0 Å². The zero-order chi connectivity index (χ0) is 18.8. The molecule has 1 atom stereocenters. The molecular weight excluding hydrogens is 288 g/mol. The van der Waals surface area contributed by atoms with Crippen LogP contribution in [-0.4, -0.2) is 56.1 Å². The minimum absolute atomic E-state index is 0. The summed E-state index contributed by atoms with van der Waals surface area (Å²) in [7, 11) is 1.00. The number of nitrogens with zero attached hydrogens (tertiary/aromatic N) is 1. The van der Waals surface area contributed by atoms with Crippen LogP contribution in [0.3, 0.4) is 0 Å². The smallest absolute Gasteiger partial charge is 0.106 e. The van der Waals surface area contributed by atoms with Crippen molar-refractivity contribution in [2.45, 2.75) is 74.3 Å². The molecule has 0 aromatic heterocycles. The molecule has 0 aliphatic carbocycles. The Morgan fingerprint density at radius 3 is 1.70 bits per heavy atom. The molecule has 1 aliphatic heterocycles. The topological polar surface area (TPSA) is 52.6 Å². The molecule has 1 fully saturated rings. The monoisotopic (exact) mass is 336 g/mol. The first-order chi connectivity index (χ1) is 10.9. The molecule has 1 aliphatic rings. The second-order valence-electron chi connectivity index (χ2n) is 3.61. The predicted molar refractivity (Wildman–Crippen MR) is 109 cm³/mol. The fourth-order valence-corrected chi connectivity index (χ4v) is 1.88. The Bertz CT molecular complexity index is 133. The summed E-state index contributed by atoms with van der Waals surface area (Å²) in [5, 5.41) is 10.5. The van der Waals surface area contributed by atoms with Gasteiger partial charge in [-0.2, -0.15) is 0 Å². The summed E-state index contributed by atoms with van der Waals surface area (Å²) < 4.78 is 0. The lowest BCUT2D eigenvalue weighted by Gasteiger charge is -2.20. The van der Waals surface area contributed by atoms with Crippen molar-refractivity contribution in [3.05, 3.63) is 13.2 Å². The fourth-order valence-electron chi connectivity index (χ4n) is 1.88. The van der Waals surface area contributed by atoms with E-state index in [-0.39, 0.29) is 7.43 Å². The van der Waals surface area contributed by atoms with Gasteiger partial charge in [0.2, 0.25) is 0 Å². The van der Waals surface area contributed by atoms with Crippen molar-refractivity contribution < 1.29 is 9.90 Å². The zero-order valence-corrected chi connectivity index (χ0v) is 16.5. The second-order valence-corrected chi connectivity index (χ2v) is 3.61. The first-order valence-corrected chi connectivity index (χ1v) is 8.56. The summed E-state index contributed by atoms with van der Waals surface area (Å²) in [6, 6.07) is 0.811. The van der Waals surface area contributed by atoms with Crippen LogP contribution in [0.15, 0.2) is 13.2 Å². The molecule has 0 spiro atoms. The minimum atomic E-state index is 0. The Balaban J connectivity index is -0.0000000565. The van der Waals surface area contributed by atoms with E-state index in [1.807, 2.05) is 34.5 Å².